The van der Waals surface area contributed by atoms with Crippen molar-refractivity contribution in [1.82, 2.24) is 24.2 Å². The first-order valence-corrected chi connectivity index (χ1v) is 14.7. The summed E-state index contributed by atoms with van der Waals surface area (Å²) in [6.07, 6.45) is 5.42. The number of halogens is 2. The van der Waals surface area contributed by atoms with E-state index in [0.717, 1.165) is 81.1 Å². The van der Waals surface area contributed by atoms with Crippen LogP contribution in [0.1, 0.15) is 41.1 Å². The van der Waals surface area contributed by atoms with Crippen LogP contribution < -0.4 is 4.74 Å². The number of likely N-dealkylation sites (tertiary alicyclic amines) is 1. The Bertz CT molecular complexity index is 1520. The van der Waals surface area contributed by atoms with Gasteiger partial charge in [0.1, 0.15) is 18.2 Å². The predicted molar refractivity (Wildman–Crippen MR) is 156 cm³/mol. The molecule has 1 atom stereocenters. The summed E-state index contributed by atoms with van der Waals surface area (Å²) in [6.45, 7) is 5.51. The summed E-state index contributed by atoms with van der Waals surface area (Å²) >= 11 is 12.2. The van der Waals surface area contributed by atoms with Crippen molar-refractivity contribution in [3.05, 3.63) is 75.8 Å². The molecule has 6 rings (SSSR count). The number of aromatic nitrogens is 4. The van der Waals surface area contributed by atoms with Gasteiger partial charge in [0.2, 0.25) is 0 Å². The number of nitrogens with zero attached hydrogens (tertiary/aromatic N) is 5. The number of ether oxygens (including phenoxy) is 3. The predicted octanol–water partition coefficient (Wildman–Crippen LogP) is 5.61. The van der Waals surface area contributed by atoms with E-state index >= 15 is 0 Å². The van der Waals surface area contributed by atoms with Gasteiger partial charge in [-0.3, -0.25) is 9.58 Å². The van der Waals surface area contributed by atoms with Crippen LogP contribution in [0.3, 0.4) is 0 Å². The minimum Gasteiger partial charge on any atom is -0.486 e. The first-order chi connectivity index (χ1) is 19.9. The van der Waals surface area contributed by atoms with E-state index in [1.54, 1.807) is 24.3 Å². The molecule has 0 N–H and O–H groups in total. The molecule has 0 radical (unpaired) electrons. The summed E-state index contributed by atoms with van der Waals surface area (Å²) in [4.78, 5) is 19.6. The number of piperidine rings is 1. The molecule has 11 heteroatoms. The van der Waals surface area contributed by atoms with Gasteiger partial charge >= 0.3 is 5.97 Å². The molecule has 2 fully saturated rings. The van der Waals surface area contributed by atoms with Gasteiger partial charge in [0, 0.05) is 24.4 Å². The third-order valence-electron chi connectivity index (χ3n) is 7.91. The van der Waals surface area contributed by atoms with Gasteiger partial charge in [-0.15, -0.1) is 0 Å². The Labute approximate surface area is 248 Å². The average Bonchev–Trinajstić information content (AvgIpc) is 3.54. The zero-order chi connectivity index (χ0) is 28.3. The molecule has 0 amide bonds. The van der Waals surface area contributed by atoms with Crippen LogP contribution in [0.5, 0.6) is 5.75 Å². The highest BCUT2D eigenvalue weighted by Crippen LogP contribution is 2.29. The third-order valence-corrected chi connectivity index (χ3v) is 8.44. The maximum absolute atomic E-state index is 12.2. The van der Waals surface area contributed by atoms with Crippen molar-refractivity contribution >= 4 is 40.2 Å². The number of carbonyl (C=O) groups excluding carboxylic acids is 1. The number of esters is 1. The first kappa shape index (κ1) is 28.0. The maximum atomic E-state index is 12.2. The minimum atomic E-state index is -0.342. The lowest BCUT2D eigenvalue weighted by Gasteiger charge is -2.32. The second-order valence-corrected chi connectivity index (χ2v) is 11.6. The fourth-order valence-electron chi connectivity index (χ4n) is 5.49. The Kier molecular flexibility index (Phi) is 8.48. The van der Waals surface area contributed by atoms with E-state index in [9.17, 15) is 4.79 Å². The molecule has 0 bridgehead atoms. The van der Waals surface area contributed by atoms with Crippen LogP contribution in [0.15, 0.2) is 48.7 Å². The normalized spacial score (nSPS) is 18.0. The van der Waals surface area contributed by atoms with Gasteiger partial charge in [-0.05, 0) is 80.7 Å². The molecule has 2 saturated heterocycles. The molecule has 0 spiro atoms. The Hall–Kier alpha value is -3.11. The molecular formula is C30H33Cl2N5O4. The molecule has 9 nitrogen and oxygen atoms in total. The molecule has 0 saturated carbocycles. The fraction of sp³-hybridized carbons (Fsp3) is 0.433. The van der Waals surface area contributed by atoms with Crippen molar-refractivity contribution in [1.29, 1.82) is 0 Å². The Balaban J connectivity index is 1.05. The molecule has 2 aliphatic heterocycles. The van der Waals surface area contributed by atoms with Gasteiger partial charge in [0.15, 0.2) is 0 Å². The molecule has 216 valence electrons. The van der Waals surface area contributed by atoms with E-state index in [-0.39, 0.29) is 12.1 Å². The zero-order valence-corrected chi connectivity index (χ0v) is 24.5. The molecular weight excluding hydrogens is 565 g/mol. The topological polar surface area (TPSA) is 83.6 Å². The number of hydrogen-bond donors (Lipinski definition) is 0. The number of imidazole rings is 1. The van der Waals surface area contributed by atoms with Crippen molar-refractivity contribution in [2.75, 3.05) is 26.8 Å². The van der Waals surface area contributed by atoms with Crippen molar-refractivity contribution < 1.29 is 19.0 Å². The van der Waals surface area contributed by atoms with Crippen LogP contribution in [-0.2, 0) is 35.7 Å². The molecule has 2 aromatic carbocycles. The van der Waals surface area contributed by atoms with Gasteiger partial charge in [0.05, 0.1) is 53.6 Å². The monoisotopic (exact) mass is 597 g/mol. The van der Waals surface area contributed by atoms with Crippen LogP contribution in [-0.4, -0.2) is 63.1 Å². The minimum absolute atomic E-state index is 0.186. The summed E-state index contributed by atoms with van der Waals surface area (Å²) in [5.74, 6) is 1.81. The van der Waals surface area contributed by atoms with Gasteiger partial charge in [-0.2, -0.15) is 5.10 Å². The number of rotatable bonds is 10. The molecule has 4 aromatic rings. The molecule has 41 heavy (non-hydrogen) atoms. The number of carbonyl (C=O) groups is 1. The summed E-state index contributed by atoms with van der Waals surface area (Å²) < 4.78 is 20.7. The lowest BCUT2D eigenvalue weighted by molar-refractivity contribution is -0.0592. The van der Waals surface area contributed by atoms with Gasteiger partial charge in [-0.1, -0.05) is 23.2 Å². The van der Waals surface area contributed by atoms with Crippen molar-refractivity contribution in [2.24, 2.45) is 5.92 Å². The molecule has 2 aliphatic rings. The highest BCUT2D eigenvalue weighted by Gasteiger charge is 2.25. The van der Waals surface area contributed by atoms with Gasteiger partial charge in [0.25, 0.3) is 0 Å². The average molecular weight is 599 g/mol. The van der Waals surface area contributed by atoms with Crippen LogP contribution in [0.2, 0.25) is 10.0 Å². The van der Waals surface area contributed by atoms with E-state index in [4.69, 9.17) is 47.5 Å². The summed E-state index contributed by atoms with van der Waals surface area (Å²) in [5.41, 5.74) is 3.23. The first-order valence-electron chi connectivity index (χ1n) is 14.0. The third kappa shape index (κ3) is 6.54. The lowest BCUT2D eigenvalue weighted by Crippen LogP contribution is -2.36. The van der Waals surface area contributed by atoms with Crippen LogP contribution in [0.25, 0.3) is 11.0 Å². The van der Waals surface area contributed by atoms with Crippen LogP contribution in [0.4, 0.5) is 0 Å². The maximum Gasteiger partial charge on any atom is 0.337 e. The Morgan fingerprint density at radius 3 is 2.63 bits per heavy atom. The molecule has 0 aliphatic carbocycles. The summed E-state index contributed by atoms with van der Waals surface area (Å²) in [6, 6.07) is 12.8. The Morgan fingerprint density at radius 2 is 1.90 bits per heavy atom. The number of hydrogen-bond acceptors (Lipinski definition) is 7. The standard InChI is InChI=1S/C30H33Cl2N5O4/c1-39-30(38)21-2-4-26-27(14-21)37(17-24-9-13-40-24)29(33-26)18-35-10-6-20(7-11-35)16-36-12-8-23(34-36)19-41-28-5-3-22(31)15-25(28)32/h2-5,8,12,14-15,20,24H,6-7,9-11,13,16-19H2,1H3. The number of fused-ring (bicyclic) bond motifs is 1. The summed E-state index contributed by atoms with van der Waals surface area (Å²) in [5, 5.41) is 5.77. The molecule has 1 unspecified atom stereocenters. The van der Waals surface area contributed by atoms with E-state index in [1.165, 1.54) is 7.11 Å². The summed E-state index contributed by atoms with van der Waals surface area (Å²) in [7, 11) is 1.40. The highest BCUT2D eigenvalue weighted by atomic mass is 35.5. The van der Waals surface area contributed by atoms with Crippen LogP contribution >= 0.6 is 23.2 Å². The lowest BCUT2D eigenvalue weighted by atomic mass is 9.97. The van der Waals surface area contributed by atoms with Gasteiger partial charge in [-0.25, -0.2) is 9.78 Å². The second-order valence-electron chi connectivity index (χ2n) is 10.7. The quantitative estimate of drug-likeness (QED) is 0.220. The van der Waals surface area contributed by atoms with Crippen molar-refractivity contribution in [3.63, 3.8) is 0 Å². The fourth-order valence-corrected chi connectivity index (χ4v) is 5.96. The number of methoxy groups -OCH3 is 1. The highest BCUT2D eigenvalue weighted by molar-refractivity contribution is 6.35. The molecule has 4 heterocycles. The SMILES string of the molecule is COC(=O)c1ccc2nc(CN3CCC(Cn4ccc(COc5ccc(Cl)cc5Cl)n4)CC3)n(CC3CCO3)c2c1. The largest absolute Gasteiger partial charge is 0.486 e. The zero-order valence-electron chi connectivity index (χ0n) is 23.0. The van der Waals surface area contributed by atoms with Crippen molar-refractivity contribution in [2.45, 2.75) is 51.6 Å². The Morgan fingerprint density at radius 1 is 1.07 bits per heavy atom. The van der Waals surface area contributed by atoms with E-state index in [2.05, 4.69) is 9.47 Å². The van der Waals surface area contributed by atoms with E-state index < -0.39 is 0 Å². The van der Waals surface area contributed by atoms with Gasteiger partial charge < -0.3 is 18.8 Å². The second kappa shape index (κ2) is 12.4. The van der Waals surface area contributed by atoms with Crippen molar-refractivity contribution in [3.8, 4) is 5.75 Å². The van der Waals surface area contributed by atoms with E-state index in [0.29, 0.717) is 33.9 Å². The number of benzene rings is 2. The smallest absolute Gasteiger partial charge is 0.337 e. The van der Waals surface area contributed by atoms with Crippen LogP contribution in [0, 0.1) is 5.92 Å². The van der Waals surface area contributed by atoms with E-state index in [1.807, 2.05) is 29.1 Å². The molecule has 2 aromatic heterocycles.